The molecule has 0 atom stereocenters. The van der Waals surface area contributed by atoms with Crippen LogP contribution in [-0.4, -0.2) is 43.5 Å². The highest BCUT2D eigenvalue weighted by Crippen LogP contribution is 2.31. The number of anilines is 1. The lowest BCUT2D eigenvalue weighted by Gasteiger charge is -2.46. The summed E-state index contributed by atoms with van der Waals surface area (Å²) < 4.78 is 0. The molecule has 1 aliphatic rings. The standard InChI is InChI=1S/C16H22N4O/c1-16(2)15(21)19(4)7-8-20(16)14-6-5-12(11-18-3)9-13(14)10-17/h5-6,9,18H,7-8,11H2,1-4H3. The summed E-state index contributed by atoms with van der Waals surface area (Å²) in [6, 6.07) is 8.11. The predicted octanol–water partition coefficient (Wildman–Crippen LogP) is 1.33. The van der Waals surface area contributed by atoms with Crippen LogP contribution in [0, 0.1) is 11.3 Å². The fraction of sp³-hybridized carbons (Fsp3) is 0.500. The number of likely N-dealkylation sites (N-methyl/N-ethyl adjacent to an activating group) is 1. The van der Waals surface area contributed by atoms with E-state index >= 15 is 0 Å². The number of carbonyl (C=O) groups excluding carboxylic acids is 1. The molecule has 1 aromatic rings. The van der Waals surface area contributed by atoms with E-state index in [1.165, 1.54) is 0 Å². The van der Waals surface area contributed by atoms with Gasteiger partial charge in [0.25, 0.3) is 0 Å². The minimum absolute atomic E-state index is 0.0805. The largest absolute Gasteiger partial charge is 0.355 e. The molecule has 0 radical (unpaired) electrons. The van der Waals surface area contributed by atoms with Gasteiger partial charge in [-0.05, 0) is 38.6 Å². The number of nitrogens with one attached hydrogen (secondary N) is 1. The molecule has 21 heavy (non-hydrogen) atoms. The van der Waals surface area contributed by atoms with Crippen molar-refractivity contribution in [2.75, 3.05) is 32.1 Å². The Morgan fingerprint density at radius 3 is 2.71 bits per heavy atom. The summed E-state index contributed by atoms with van der Waals surface area (Å²) in [5.41, 5.74) is 1.89. The van der Waals surface area contributed by atoms with E-state index in [-0.39, 0.29) is 5.91 Å². The number of nitrogens with zero attached hydrogens (tertiary/aromatic N) is 3. The molecule has 0 spiro atoms. The van der Waals surface area contributed by atoms with Gasteiger partial charge in [-0.25, -0.2) is 0 Å². The summed E-state index contributed by atoms with van der Waals surface area (Å²) in [6.07, 6.45) is 0. The summed E-state index contributed by atoms with van der Waals surface area (Å²) in [5.74, 6) is 0.0805. The zero-order valence-electron chi connectivity index (χ0n) is 13.1. The maximum atomic E-state index is 12.4. The van der Waals surface area contributed by atoms with Gasteiger partial charge in [-0.3, -0.25) is 4.79 Å². The molecule has 5 heteroatoms. The van der Waals surface area contributed by atoms with Crippen LogP contribution in [0.4, 0.5) is 5.69 Å². The van der Waals surface area contributed by atoms with Crippen LogP contribution in [0.2, 0.25) is 0 Å². The molecule has 1 aliphatic heterocycles. The Hall–Kier alpha value is -2.06. The van der Waals surface area contributed by atoms with E-state index in [9.17, 15) is 10.1 Å². The van der Waals surface area contributed by atoms with E-state index in [0.29, 0.717) is 12.1 Å². The molecule has 0 unspecified atom stereocenters. The molecule has 2 rings (SSSR count). The molecule has 112 valence electrons. The van der Waals surface area contributed by atoms with E-state index in [1.807, 2.05) is 51.0 Å². The lowest BCUT2D eigenvalue weighted by Crippen LogP contribution is -2.62. The third-order valence-corrected chi connectivity index (χ3v) is 4.06. The Labute approximate surface area is 126 Å². The first kappa shape index (κ1) is 15.3. The second kappa shape index (κ2) is 5.74. The van der Waals surface area contributed by atoms with Crippen LogP contribution in [-0.2, 0) is 11.3 Å². The Morgan fingerprint density at radius 2 is 2.10 bits per heavy atom. The van der Waals surface area contributed by atoms with Gasteiger partial charge in [-0.15, -0.1) is 0 Å². The zero-order valence-corrected chi connectivity index (χ0v) is 13.1. The average Bonchev–Trinajstić information content (AvgIpc) is 2.46. The molecule has 1 fully saturated rings. The van der Waals surface area contributed by atoms with Gasteiger partial charge in [0.15, 0.2) is 0 Å². The topological polar surface area (TPSA) is 59.4 Å². The molecule has 0 aliphatic carbocycles. The van der Waals surface area contributed by atoms with Crippen LogP contribution in [0.25, 0.3) is 0 Å². The van der Waals surface area contributed by atoms with Crippen molar-refractivity contribution in [1.29, 1.82) is 5.26 Å². The highest BCUT2D eigenvalue weighted by Gasteiger charge is 2.41. The second-order valence-electron chi connectivity index (χ2n) is 5.93. The Morgan fingerprint density at radius 1 is 1.38 bits per heavy atom. The average molecular weight is 286 g/mol. The van der Waals surface area contributed by atoms with E-state index in [2.05, 4.69) is 11.4 Å². The monoisotopic (exact) mass is 286 g/mol. The number of carbonyl (C=O) groups is 1. The molecule has 5 nitrogen and oxygen atoms in total. The van der Waals surface area contributed by atoms with Gasteiger partial charge in [-0.1, -0.05) is 6.07 Å². The minimum atomic E-state index is -0.636. The highest BCUT2D eigenvalue weighted by atomic mass is 16.2. The maximum Gasteiger partial charge on any atom is 0.247 e. The third kappa shape index (κ3) is 2.72. The Kier molecular flexibility index (Phi) is 4.19. The van der Waals surface area contributed by atoms with E-state index in [4.69, 9.17) is 0 Å². The molecular formula is C16H22N4O. The number of piperazine rings is 1. The summed E-state index contributed by atoms with van der Waals surface area (Å²) in [4.78, 5) is 16.2. The number of nitriles is 1. The molecule has 1 N–H and O–H groups in total. The van der Waals surface area contributed by atoms with Crippen molar-refractivity contribution >= 4 is 11.6 Å². The lowest BCUT2D eigenvalue weighted by atomic mass is 9.95. The van der Waals surface area contributed by atoms with Crippen LogP contribution in [0.5, 0.6) is 0 Å². The first-order valence-corrected chi connectivity index (χ1v) is 7.12. The van der Waals surface area contributed by atoms with Gasteiger partial charge in [-0.2, -0.15) is 5.26 Å². The number of amides is 1. The van der Waals surface area contributed by atoms with Crippen LogP contribution in [0.3, 0.4) is 0 Å². The molecule has 1 saturated heterocycles. The smallest absolute Gasteiger partial charge is 0.247 e. The quantitative estimate of drug-likeness (QED) is 0.911. The number of rotatable bonds is 3. The number of hydrogen-bond acceptors (Lipinski definition) is 4. The molecular weight excluding hydrogens is 264 g/mol. The van der Waals surface area contributed by atoms with Crippen LogP contribution in [0.15, 0.2) is 18.2 Å². The summed E-state index contributed by atoms with van der Waals surface area (Å²) in [5, 5.41) is 12.5. The fourth-order valence-electron chi connectivity index (χ4n) is 2.86. The van der Waals surface area contributed by atoms with Gasteiger partial charge in [0.2, 0.25) is 5.91 Å². The van der Waals surface area contributed by atoms with E-state index < -0.39 is 5.54 Å². The maximum absolute atomic E-state index is 12.4. The van der Waals surface area contributed by atoms with E-state index in [0.717, 1.165) is 24.3 Å². The molecule has 0 aromatic heterocycles. The van der Waals surface area contributed by atoms with Gasteiger partial charge < -0.3 is 15.1 Å². The molecule has 0 saturated carbocycles. The second-order valence-corrected chi connectivity index (χ2v) is 5.93. The van der Waals surface area contributed by atoms with Crippen molar-refractivity contribution in [3.63, 3.8) is 0 Å². The van der Waals surface area contributed by atoms with Crippen molar-refractivity contribution in [1.82, 2.24) is 10.2 Å². The number of hydrogen-bond donors (Lipinski definition) is 1. The summed E-state index contributed by atoms with van der Waals surface area (Å²) in [6.45, 7) is 5.95. The molecule has 1 amide bonds. The van der Waals surface area contributed by atoms with E-state index in [1.54, 1.807) is 4.90 Å². The third-order valence-electron chi connectivity index (χ3n) is 4.06. The van der Waals surface area contributed by atoms with Crippen molar-refractivity contribution < 1.29 is 4.79 Å². The van der Waals surface area contributed by atoms with Crippen molar-refractivity contribution in [2.45, 2.75) is 25.9 Å². The predicted molar refractivity (Wildman–Crippen MR) is 83.0 cm³/mol. The fourth-order valence-corrected chi connectivity index (χ4v) is 2.86. The SMILES string of the molecule is CNCc1ccc(N2CCN(C)C(=O)C2(C)C)c(C#N)c1. The highest BCUT2D eigenvalue weighted by molar-refractivity contribution is 5.90. The van der Waals surface area contributed by atoms with Crippen molar-refractivity contribution in [2.24, 2.45) is 0 Å². The lowest BCUT2D eigenvalue weighted by molar-refractivity contribution is -0.136. The molecule has 1 heterocycles. The van der Waals surface area contributed by atoms with Crippen LogP contribution >= 0.6 is 0 Å². The first-order chi connectivity index (χ1) is 9.91. The van der Waals surface area contributed by atoms with Gasteiger partial charge >= 0.3 is 0 Å². The Bertz CT molecular complexity index is 588. The van der Waals surface area contributed by atoms with Crippen LogP contribution in [0.1, 0.15) is 25.0 Å². The van der Waals surface area contributed by atoms with Gasteiger partial charge in [0.05, 0.1) is 11.3 Å². The van der Waals surface area contributed by atoms with Gasteiger partial charge in [0.1, 0.15) is 11.6 Å². The van der Waals surface area contributed by atoms with Gasteiger partial charge in [0, 0.05) is 26.7 Å². The Balaban J connectivity index is 2.42. The zero-order chi connectivity index (χ0) is 15.6. The minimum Gasteiger partial charge on any atom is -0.355 e. The molecule has 1 aromatic carbocycles. The normalized spacial score (nSPS) is 17.8. The van der Waals surface area contributed by atoms with Crippen molar-refractivity contribution in [3.05, 3.63) is 29.3 Å². The summed E-state index contributed by atoms with van der Waals surface area (Å²) >= 11 is 0. The summed E-state index contributed by atoms with van der Waals surface area (Å²) in [7, 11) is 3.70. The van der Waals surface area contributed by atoms with Crippen LogP contribution < -0.4 is 10.2 Å². The molecule has 0 bridgehead atoms. The number of benzene rings is 1. The first-order valence-electron chi connectivity index (χ1n) is 7.12. The van der Waals surface area contributed by atoms with Crippen molar-refractivity contribution in [3.8, 4) is 6.07 Å².